The van der Waals surface area contributed by atoms with E-state index in [4.69, 9.17) is 4.74 Å². The molecular formula is C34H58IN3O2. The number of allylic oxidation sites excluding steroid dienone is 1. The summed E-state index contributed by atoms with van der Waals surface area (Å²) in [6.45, 7) is 16.0. The first-order valence-corrected chi connectivity index (χ1v) is 18.0. The Kier molecular flexibility index (Phi) is 10.2. The second kappa shape index (κ2) is 13.1. The van der Waals surface area contributed by atoms with E-state index in [1.807, 2.05) is 0 Å². The molecule has 0 spiro atoms. The molecule has 3 saturated carbocycles. The lowest BCUT2D eigenvalue weighted by Crippen LogP contribution is -2.51. The molecule has 0 aromatic heterocycles. The van der Waals surface area contributed by atoms with E-state index >= 15 is 0 Å². The van der Waals surface area contributed by atoms with Crippen LogP contribution >= 0.6 is 22.6 Å². The van der Waals surface area contributed by atoms with Gasteiger partial charge in [-0.25, -0.2) is 4.79 Å². The minimum absolute atomic E-state index is 0.0369. The number of likely N-dealkylation sites (N-methyl/N-ethyl adjacent to an activating group) is 1. The standard InChI is InChI=1S/C34H58IN3O2/c1-24(2)7-6-8-31(35)30-12-11-28-27-10-9-25-23-26(13-15-33(25,3)29(27)14-16-34(28,30)4)40-32(39)36-17-18-38-21-19-37(5)20-22-38/h9,24,26-31H,6-8,10-23H2,1-5H3,(H,36,39)/t26?,27-,28-,29-,30+,31+,33?,34?/m0/s1. The number of nitrogens with zero attached hydrogens (tertiary/aromatic N) is 2. The van der Waals surface area contributed by atoms with Crippen molar-refractivity contribution in [3.63, 3.8) is 0 Å². The first-order chi connectivity index (χ1) is 19.1. The van der Waals surface area contributed by atoms with Crippen LogP contribution in [-0.2, 0) is 4.74 Å². The number of ether oxygens (including phenoxy) is 1. The molecular weight excluding hydrogens is 609 g/mol. The van der Waals surface area contributed by atoms with Crippen LogP contribution < -0.4 is 5.32 Å². The summed E-state index contributed by atoms with van der Waals surface area (Å²) in [5.41, 5.74) is 2.45. The van der Waals surface area contributed by atoms with Gasteiger partial charge in [-0.3, -0.25) is 4.90 Å². The molecule has 1 aliphatic heterocycles. The van der Waals surface area contributed by atoms with E-state index in [0.717, 1.165) is 79.1 Å². The van der Waals surface area contributed by atoms with Gasteiger partial charge in [-0.15, -0.1) is 0 Å². The van der Waals surface area contributed by atoms with E-state index in [0.29, 0.717) is 17.4 Å². The summed E-state index contributed by atoms with van der Waals surface area (Å²) in [7, 11) is 2.18. The lowest BCUT2D eigenvalue weighted by molar-refractivity contribution is -0.0506. The van der Waals surface area contributed by atoms with Crippen molar-refractivity contribution >= 4 is 28.7 Å². The number of piperazine rings is 1. The van der Waals surface area contributed by atoms with Crippen molar-refractivity contribution in [2.24, 2.45) is 40.4 Å². The minimum atomic E-state index is -0.218. The third-order valence-electron chi connectivity index (χ3n) is 12.4. The van der Waals surface area contributed by atoms with Crippen LogP contribution in [0.15, 0.2) is 11.6 Å². The number of carbonyl (C=O) groups is 1. The fourth-order valence-corrected chi connectivity index (χ4v) is 11.5. The zero-order chi connectivity index (χ0) is 28.5. The second-order valence-corrected chi connectivity index (χ2v) is 16.8. The van der Waals surface area contributed by atoms with Gasteiger partial charge in [0.15, 0.2) is 0 Å². The van der Waals surface area contributed by atoms with Crippen LogP contribution in [-0.4, -0.2) is 72.2 Å². The predicted octanol–water partition coefficient (Wildman–Crippen LogP) is 7.54. The summed E-state index contributed by atoms with van der Waals surface area (Å²) in [6.07, 6.45) is 16.7. The van der Waals surface area contributed by atoms with E-state index in [1.54, 1.807) is 5.57 Å². The molecule has 0 radical (unpaired) electrons. The molecule has 5 nitrogen and oxygen atoms in total. The molecule has 1 N–H and O–H groups in total. The summed E-state index contributed by atoms with van der Waals surface area (Å²) in [5.74, 6) is 4.30. The van der Waals surface area contributed by atoms with Gasteiger partial charge >= 0.3 is 6.09 Å². The van der Waals surface area contributed by atoms with Crippen LogP contribution in [0.5, 0.6) is 0 Å². The topological polar surface area (TPSA) is 44.8 Å². The minimum Gasteiger partial charge on any atom is -0.446 e. The highest BCUT2D eigenvalue weighted by molar-refractivity contribution is 14.1. The highest BCUT2D eigenvalue weighted by Crippen LogP contribution is 2.67. The third kappa shape index (κ3) is 6.59. The number of alkyl carbamates (subject to hydrolysis) is 1. The van der Waals surface area contributed by atoms with Gasteiger partial charge in [0.1, 0.15) is 6.10 Å². The summed E-state index contributed by atoms with van der Waals surface area (Å²) in [4.78, 5) is 17.4. The molecule has 4 fully saturated rings. The van der Waals surface area contributed by atoms with Gasteiger partial charge in [0.05, 0.1) is 0 Å². The number of rotatable bonds is 9. The summed E-state index contributed by atoms with van der Waals surface area (Å²) >= 11 is 2.84. The quantitative estimate of drug-likeness (QED) is 0.157. The Morgan fingerprint density at radius 3 is 2.60 bits per heavy atom. The first-order valence-electron chi connectivity index (χ1n) is 16.8. The van der Waals surface area contributed by atoms with Crippen molar-refractivity contribution in [1.29, 1.82) is 0 Å². The molecule has 40 heavy (non-hydrogen) atoms. The van der Waals surface area contributed by atoms with E-state index in [9.17, 15) is 4.79 Å². The molecule has 5 aliphatic rings. The summed E-state index contributed by atoms with van der Waals surface area (Å²) in [6, 6.07) is 0. The Bertz CT molecular complexity index is 902. The Balaban J connectivity index is 1.13. The molecule has 0 aromatic rings. The first kappa shape index (κ1) is 31.1. The van der Waals surface area contributed by atoms with Gasteiger partial charge in [0.25, 0.3) is 0 Å². The normalized spacial score (nSPS) is 39.2. The average molecular weight is 668 g/mol. The highest BCUT2D eigenvalue weighted by Gasteiger charge is 2.59. The zero-order valence-corrected chi connectivity index (χ0v) is 28.4. The van der Waals surface area contributed by atoms with Gasteiger partial charge in [0, 0.05) is 49.6 Å². The Labute approximate surface area is 259 Å². The van der Waals surface area contributed by atoms with Crippen LogP contribution in [0.3, 0.4) is 0 Å². The number of amides is 1. The van der Waals surface area contributed by atoms with Crippen molar-refractivity contribution in [1.82, 2.24) is 15.1 Å². The summed E-state index contributed by atoms with van der Waals surface area (Å²) < 4.78 is 6.82. The molecule has 3 unspecified atom stereocenters. The van der Waals surface area contributed by atoms with Crippen LogP contribution in [0.4, 0.5) is 4.79 Å². The smallest absolute Gasteiger partial charge is 0.407 e. The van der Waals surface area contributed by atoms with Crippen molar-refractivity contribution < 1.29 is 9.53 Å². The maximum absolute atomic E-state index is 12.6. The van der Waals surface area contributed by atoms with E-state index in [2.05, 4.69) is 78.5 Å². The number of alkyl halides is 1. The largest absolute Gasteiger partial charge is 0.446 e. The molecule has 228 valence electrons. The van der Waals surface area contributed by atoms with Gasteiger partial charge in [0.2, 0.25) is 0 Å². The van der Waals surface area contributed by atoms with E-state index < -0.39 is 0 Å². The average Bonchev–Trinajstić information content (AvgIpc) is 3.27. The maximum atomic E-state index is 12.6. The maximum Gasteiger partial charge on any atom is 0.407 e. The van der Waals surface area contributed by atoms with Gasteiger partial charge in [-0.2, -0.15) is 0 Å². The van der Waals surface area contributed by atoms with E-state index in [1.165, 1.54) is 57.8 Å². The van der Waals surface area contributed by atoms with Crippen LogP contribution in [0.1, 0.15) is 98.3 Å². The summed E-state index contributed by atoms with van der Waals surface area (Å²) in [5, 5.41) is 3.04. The molecule has 1 saturated heterocycles. The van der Waals surface area contributed by atoms with Crippen molar-refractivity contribution in [2.45, 2.75) is 108 Å². The number of hydrogen-bond donors (Lipinski definition) is 1. The van der Waals surface area contributed by atoms with Gasteiger partial charge in [-0.1, -0.05) is 74.8 Å². The third-order valence-corrected chi connectivity index (χ3v) is 13.9. The zero-order valence-electron chi connectivity index (χ0n) is 26.2. The number of halogens is 1. The number of fused-ring (bicyclic) bond motifs is 5. The molecule has 0 bridgehead atoms. The molecule has 1 amide bonds. The molecule has 8 atom stereocenters. The van der Waals surface area contributed by atoms with Crippen molar-refractivity contribution in [3.05, 3.63) is 11.6 Å². The molecule has 5 rings (SSSR count). The van der Waals surface area contributed by atoms with E-state index in [-0.39, 0.29) is 12.2 Å². The highest BCUT2D eigenvalue weighted by atomic mass is 127. The number of nitrogens with one attached hydrogen (secondary N) is 1. The second-order valence-electron chi connectivity index (χ2n) is 15.2. The van der Waals surface area contributed by atoms with Gasteiger partial charge < -0.3 is 15.0 Å². The Morgan fingerprint density at radius 1 is 1.07 bits per heavy atom. The molecule has 1 heterocycles. The monoisotopic (exact) mass is 667 g/mol. The lowest BCUT2D eigenvalue weighted by Gasteiger charge is -2.58. The molecule has 4 aliphatic carbocycles. The Morgan fingerprint density at radius 2 is 1.85 bits per heavy atom. The Hall–Kier alpha value is -0.340. The van der Waals surface area contributed by atoms with Crippen LogP contribution in [0.25, 0.3) is 0 Å². The van der Waals surface area contributed by atoms with Crippen molar-refractivity contribution in [2.75, 3.05) is 46.3 Å². The van der Waals surface area contributed by atoms with Crippen molar-refractivity contribution in [3.8, 4) is 0 Å². The van der Waals surface area contributed by atoms with Crippen LogP contribution in [0, 0.1) is 40.4 Å². The molecule has 6 heteroatoms. The molecule has 0 aromatic carbocycles. The SMILES string of the molecule is CC(C)CCC[C@@H](I)[C@H]1CC[C@H]2[C@@H]3CC=C4CC(OC(=O)NCCN5CCN(C)CC5)CCC4(C)[C@H]3CCC12C. The fraction of sp³-hybridized carbons (Fsp3) is 0.912. The predicted molar refractivity (Wildman–Crippen MR) is 174 cm³/mol. The number of hydrogen-bond acceptors (Lipinski definition) is 4. The fourth-order valence-electron chi connectivity index (χ4n) is 9.87. The van der Waals surface area contributed by atoms with Gasteiger partial charge in [-0.05, 0) is 98.8 Å². The number of carbonyl (C=O) groups excluding carboxylic acids is 1. The van der Waals surface area contributed by atoms with Crippen LogP contribution in [0.2, 0.25) is 0 Å². The lowest BCUT2D eigenvalue weighted by atomic mass is 9.47.